The van der Waals surface area contributed by atoms with Gasteiger partial charge >= 0.3 is 0 Å². The van der Waals surface area contributed by atoms with E-state index in [4.69, 9.17) is 0 Å². The third-order valence-corrected chi connectivity index (χ3v) is 3.07. The first-order chi connectivity index (χ1) is 7.17. The van der Waals surface area contributed by atoms with Crippen LogP contribution in [-0.4, -0.2) is 42.8 Å². The third kappa shape index (κ3) is 2.26. The van der Waals surface area contributed by atoms with Gasteiger partial charge in [-0.15, -0.1) is 6.58 Å². The second-order valence-corrected chi connectivity index (χ2v) is 3.93. The average Bonchev–Trinajstić information content (AvgIpc) is 2.58. The van der Waals surface area contributed by atoms with E-state index in [0.29, 0.717) is 12.7 Å². The Labute approximate surface area is 90.3 Å². The number of rotatable bonds is 5. The van der Waals surface area contributed by atoms with Crippen molar-refractivity contribution in [3.63, 3.8) is 0 Å². The second-order valence-electron chi connectivity index (χ2n) is 3.93. The number of carbonyl (C=O) groups excluding carboxylic acids is 2. The van der Waals surface area contributed by atoms with Gasteiger partial charge in [0.1, 0.15) is 11.8 Å². The minimum Gasteiger partial charge on any atom is -0.348 e. The molecule has 0 radical (unpaired) electrons. The summed E-state index contributed by atoms with van der Waals surface area (Å²) in [4.78, 5) is 24.2. The molecule has 0 bridgehead atoms. The molecule has 1 rings (SSSR count). The van der Waals surface area contributed by atoms with Gasteiger partial charge in [-0.25, -0.2) is 0 Å². The number of carbonyl (C=O) groups is 2. The highest BCUT2D eigenvalue weighted by atomic mass is 16.2. The first-order valence-electron chi connectivity index (χ1n) is 5.21. The Hall–Kier alpha value is -1.16. The van der Waals surface area contributed by atoms with Crippen molar-refractivity contribution >= 4 is 12.2 Å². The van der Waals surface area contributed by atoms with Crippen LogP contribution in [-0.2, 0) is 9.59 Å². The van der Waals surface area contributed by atoms with Gasteiger partial charge in [-0.05, 0) is 32.9 Å². The van der Waals surface area contributed by atoms with E-state index in [0.717, 1.165) is 19.4 Å². The molecule has 1 amide bonds. The van der Waals surface area contributed by atoms with E-state index < -0.39 is 5.54 Å². The number of hydrogen-bond acceptors (Lipinski definition) is 3. The molecule has 1 aliphatic heterocycles. The van der Waals surface area contributed by atoms with Crippen LogP contribution in [0.4, 0.5) is 0 Å². The molecule has 4 heteroatoms. The molecule has 0 spiro atoms. The molecule has 84 valence electrons. The first-order valence-corrected chi connectivity index (χ1v) is 5.21. The molecule has 15 heavy (non-hydrogen) atoms. The molecule has 1 heterocycles. The topological polar surface area (TPSA) is 49.4 Å². The van der Waals surface area contributed by atoms with Crippen LogP contribution in [0.5, 0.6) is 0 Å². The van der Waals surface area contributed by atoms with Crippen molar-refractivity contribution < 1.29 is 9.59 Å². The highest BCUT2D eigenvalue weighted by Gasteiger charge is 2.43. The highest BCUT2D eigenvalue weighted by Crippen LogP contribution is 2.31. The summed E-state index contributed by atoms with van der Waals surface area (Å²) in [6, 6.07) is 0. The van der Waals surface area contributed by atoms with Gasteiger partial charge in [-0.1, -0.05) is 6.08 Å². The molecule has 1 aliphatic rings. The summed E-state index contributed by atoms with van der Waals surface area (Å²) in [6.45, 7) is 4.70. The van der Waals surface area contributed by atoms with Crippen molar-refractivity contribution in [2.75, 3.05) is 20.1 Å². The van der Waals surface area contributed by atoms with Crippen LogP contribution in [0.1, 0.15) is 19.3 Å². The summed E-state index contributed by atoms with van der Waals surface area (Å²) in [5, 5.41) is 2.63. The van der Waals surface area contributed by atoms with Gasteiger partial charge in [0.25, 0.3) is 0 Å². The highest BCUT2D eigenvalue weighted by molar-refractivity contribution is 5.88. The fourth-order valence-electron chi connectivity index (χ4n) is 2.19. The molecule has 4 nitrogen and oxygen atoms in total. The number of likely N-dealkylation sites (N-methyl/N-ethyl adjacent to an activating group) is 1. The van der Waals surface area contributed by atoms with Gasteiger partial charge in [0.15, 0.2) is 0 Å². The van der Waals surface area contributed by atoms with Crippen LogP contribution in [0.3, 0.4) is 0 Å². The van der Waals surface area contributed by atoms with E-state index in [1.165, 1.54) is 0 Å². The largest absolute Gasteiger partial charge is 0.348 e. The maximum atomic E-state index is 12.0. The van der Waals surface area contributed by atoms with E-state index in [9.17, 15) is 9.59 Å². The van der Waals surface area contributed by atoms with Crippen LogP contribution in [0.25, 0.3) is 0 Å². The lowest BCUT2D eigenvalue weighted by molar-refractivity contribution is -0.131. The number of nitrogens with one attached hydrogen (secondary N) is 1. The maximum absolute atomic E-state index is 12.0. The van der Waals surface area contributed by atoms with E-state index in [-0.39, 0.29) is 12.5 Å². The number of nitrogens with zero attached hydrogens (tertiary/aromatic N) is 1. The molecular formula is C11H18N2O2. The van der Waals surface area contributed by atoms with Gasteiger partial charge in [0, 0.05) is 0 Å². The van der Waals surface area contributed by atoms with Crippen molar-refractivity contribution in [3.8, 4) is 0 Å². The fraction of sp³-hybridized carbons (Fsp3) is 0.636. The van der Waals surface area contributed by atoms with Crippen LogP contribution in [0.2, 0.25) is 0 Å². The van der Waals surface area contributed by atoms with E-state index in [1.54, 1.807) is 6.08 Å². The zero-order valence-electron chi connectivity index (χ0n) is 9.16. The van der Waals surface area contributed by atoms with Gasteiger partial charge in [-0.2, -0.15) is 0 Å². The second kappa shape index (κ2) is 5.07. The van der Waals surface area contributed by atoms with Gasteiger partial charge < -0.3 is 10.1 Å². The molecule has 1 atom stereocenters. The first kappa shape index (κ1) is 11.9. The van der Waals surface area contributed by atoms with Crippen LogP contribution < -0.4 is 5.32 Å². The quantitative estimate of drug-likeness (QED) is 0.526. The summed E-state index contributed by atoms with van der Waals surface area (Å²) in [5.74, 6) is -0.0606. The Kier molecular flexibility index (Phi) is 4.03. The van der Waals surface area contributed by atoms with Gasteiger partial charge in [-0.3, -0.25) is 9.69 Å². The van der Waals surface area contributed by atoms with E-state index in [1.807, 2.05) is 7.05 Å². The monoisotopic (exact) mass is 210 g/mol. The third-order valence-electron chi connectivity index (χ3n) is 3.07. The van der Waals surface area contributed by atoms with Crippen molar-refractivity contribution in [2.45, 2.75) is 24.8 Å². The van der Waals surface area contributed by atoms with Crippen molar-refractivity contribution in [3.05, 3.63) is 12.7 Å². The smallest absolute Gasteiger partial charge is 0.241 e. The van der Waals surface area contributed by atoms with Gasteiger partial charge in [0.2, 0.25) is 5.91 Å². The number of amides is 1. The SMILES string of the molecule is C=CCC1(C(=O)NCC=O)CCCN1C. The summed E-state index contributed by atoms with van der Waals surface area (Å²) in [5.41, 5.74) is -0.481. The summed E-state index contributed by atoms with van der Waals surface area (Å²) in [7, 11) is 1.94. The predicted octanol–water partition coefficient (Wildman–Crippen LogP) is 0.342. The molecule has 1 unspecified atom stereocenters. The number of likely N-dealkylation sites (tertiary alicyclic amines) is 1. The zero-order chi connectivity index (χ0) is 11.3. The van der Waals surface area contributed by atoms with Crippen LogP contribution in [0, 0.1) is 0 Å². The lowest BCUT2D eigenvalue weighted by Crippen LogP contribution is -2.54. The van der Waals surface area contributed by atoms with E-state index in [2.05, 4.69) is 16.8 Å². The number of hydrogen-bond donors (Lipinski definition) is 1. The molecule has 0 aliphatic carbocycles. The molecule has 0 aromatic rings. The summed E-state index contributed by atoms with van der Waals surface area (Å²) < 4.78 is 0. The molecule has 0 aromatic heterocycles. The fourth-order valence-corrected chi connectivity index (χ4v) is 2.19. The summed E-state index contributed by atoms with van der Waals surface area (Å²) >= 11 is 0. The minimum atomic E-state index is -0.481. The van der Waals surface area contributed by atoms with Crippen LogP contribution >= 0.6 is 0 Å². The van der Waals surface area contributed by atoms with Crippen LogP contribution in [0.15, 0.2) is 12.7 Å². The minimum absolute atomic E-state index is 0.0606. The Morgan fingerprint density at radius 3 is 2.87 bits per heavy atom. The van der Waals surface area contributed by atoms with E-state index >= 15 is 0 Å². The van der Waals surface area contributed by atoms with Crippen molar-refractivity contribution in [1.29, 1.82) is 0 Å². The van der Waals surface area contributed by atoms with Crippen molar-refractivity contribution in [1.82, 2.24) is 10.2 Å². The molecule has 1 saturated heterocycles. The normalized spacial score (nSPS) is 26.2. The molecule has 0 saturated carbocycles. The van der Waals surface area contributed by atoms with Crippen molar-refractivity contribution in [2.24, 2.45) is 0 Å². The lowest BCUT2D eigenvalue weighted by Gasteiger charge is -2.33. The molecule has 1 fully saturated rings. The summed E-state index contributed by atoms with van der Waals surface area (Å²) in [6.07, 6.45) is 4.95. The maximum Gasteiger partial charge on any atom is 0.241 e. The molecular weight excluding hydrogens is 192 g/mol. The standard InChI is InChI=1S/C11H18N2O2/c1-3-5-11(6-4-8-13(11)2)10(15)12-7-9-14/h3,9H,1,4-8H2,2H3,(H,12,15). The Balaban J connectivity index is 2.75. The average molecular weight is 210 g/mol. The lowest BCUT2D eigenvalue weighted by atomic mass is 9.91. The Morgan fingerprint density at radius 2 is 2.40 bits per heavy atom. The number of aldehydes is 1. The molecule has 0 aromatic carbocycles. The predicted molar refractivity (Wildman–Crippen MR) is 58.5 cm³/mol. The molecule has 1 N–H and O–H groups in total. The Morgan fingerprint density at radius 1 is 1.67 bits per heavy atom. The van der Waals surface area contributed by atoms with Gasteiger partial charge in [0.05, 0.1) is 6.54 Å². The zero-order valence-corrected chi connectivity index (χ0v) is 9.16. The Bertz CT molecular complexity index is 265.